The Morgan fingerprint density at radius 2 is 1.86 bits per heavy atom. The highest BCUT2D eigenvalue weighted by atomic mass is 16.5. The molecule has 0 bridgehead atoms. The minimum Gasteiger partial charge on any atom is -0.487 e. The third-order valence-electron chi connectivity index (χ3n) is 4.48. The summed E-state index contributed by atoms with van der Waals surface area (Å²) in [5, 5.41) is 6.89. The number of hydrogen-bond donors (Lipinski definition) is 1. The van der Waals surface area contributed by atoms with Crippen LogP contribution >= 0.6 is 0 Å². The monoisotopic (exact) mass is 381 g/mol. The Kier molecular flexibility index (Phi) is 7.14. The van der Waals surface area contributed by atoms with Crippen molar-refractivity contribution in [3.05, 3.63) is 66.7 Å². The minimum atomic E-state index is -0.250. The summed E-state index contributed by atoms with van der Waals surface area (Å²) in [5.41, 5.74) is 2.02. The number of pyridine rings is 1. The fourth-order valence-electron chi connectivity index (χ4n) is 3.14. The first-order valence-electron chi connectivity index (χ1n) is 9.13. The molecule has 1 saturated heterocycles. The lowest BCUT2D eigenvalue weighted by Gasteiger charge is -2.25. The van der Waals surface area contributed by atoms with Gasteiger partial charge in [-0.05, 0) is 49.2 Å². The molecular formula is C21H23N3O4. The summed E-state index contributed by atoms with van der Waals surface area (Å²) >= 11 is 0. The third kappa shape index (κ3) is 5.17. The van der Waals surface area contributed by atoms with E-state index in [4.69, 9.17) is 19.4 Å². The summed E-state index contributed by atoms with van der Waals surface area (Å²) in [4.78, 5) is 17.2. The highest BCUT2D eigenvalue weighted by Gasteiger charge is 2.18. The molecule has 0 atom stereocenters. The fraction of sp³-hybridized carbons (Fsp3) is 0.286. The zero-order valence-electron chi connectivity index (χ0n) is 15.5. The zero-order valence-corrected chi connectivity index (χ0v) is 15.5. The number of benzene rings is 1. The molecule has 0 spiro atoms. The Labute approximate surface area is 163 Å². The van der Waals surface area contributed by atoms with Crippen LogP contribution in [-0.4, -0.2) is 39.3 Å². The quantitative estimate of drug-likeness (QED) is 0.680. The van der Waals surface area contributed by atoms with Gasteiger partial charge < -0.3 is 19.1 Å². The predicted molar refractivity (Wildman–Crippen MR) is 104 cm³/mol. The van der Waals surface area contributed by atoms with Gasteiger partial charge in [0.05, 0.1) is 5.69 Å². The third-order valence-corrected chi connectivity index (χ3v) is 4.48. The molecule has 4 rings (SSSR count). The number of rotatable bonds is 5. The minimum absolute atomic E-state index is 0.250. The van der Waals surface area contributed by atoms with Gasteiger partial charge in [0.25, 0.3) is 6.47 Å². The molecule has 0 saturated carbocycles. The van der Waals surface area contributed by atoms with Crippen molar-refractivity contribution < 1.29 is 19.4 Å². The first-order valence-corrected chi connectivity index (χ1v) is 9.13. The second-order valence-electron chi connectivity index (χ2n) is 6.24. The number of hydrogen-bond acceptors (Lipinski definition) is 5. The van der Waals surface area contributed by atoms with Crippen molar-refractivity contribution in [3.8, 4) is 17.1 Å². The summed E-state index contributed by atoms with van der Waals surface area (Å²) < 4.78 is 13.5. The summed E-state index contributed by atoms with van der Waals surface area (Å²) in [6.45, 7) is 1.86. The highest BCUT2D eigenvalue weighted by molar-refractivity contribution is 5.57. The van der Waals surface area contributed by atoms with E-state index in [0.717, 1.165) is 48.9 Å². The normalized spacial score (nSPS) is 14.0. The van der Waals surface area contributed by atoms with E-state index in [0.29, 0.717) is 12.6 Å². The molecule has 3 heterocycles. The Bertz CT molecular complexity index is 844. The molecule has 1 aromatic carbocycles. The summed E-state index contributed by atoms with van der Waals surface area (Å²) in [5.74, 6) is 1.83. The highest BCUT2D eigenvalue weighted by Crippen LogP contribution is 2.28. The van der Waals surface area contributed by atoms with Gasteiger partial charge in [0.2, 0.25) is 0 Å². The van der Waals surface area contributed by atoms with Crippen molar-refractivity contribution in [3.63, 3.8) is 0 Å². The van der Waals surface area contributed by atoms with Gasteiger partial charge in [-0.15, -0.1) is 0 Å². The van der Waals surface area contributed by atoms with E-state index in [1.807, 2.05) is 36.5 Å². The molecule has 1 aliphatic heterocycles. The number of ether oxygens (including phenoxy) is 2. The molecule has 0 aliphatic carbocycles. The fourth-order valence-corrected chi connectivity index (χ4v) is 3.14. The molecule has 2 aromatic heterocycles. The lowest BCUT2D eigenvalue weighted by Crippen LogP contribution is -2.19. The first kappa shape index (κ1) is 19.6. The Morgan fingerprint density at radius 1 is 1.11 bits per heavy atom. The number of carbonyl (C=O) groups is 1. The summed E-state index contributed by atoms with van der Waals surface area (Å²) in [7, 11) is 0. The van der Waals surface area contributed by atoms with E-state index < -0.39 is 0 Å². The van der Waals surface area contributed by atoms with Crippen molar-refractivity contribution >= 4 is 6.47 Å². The molecule has 1 aliphatic rings. The van der Waals surface area contributed by atoms with Gasteiger partial charge in [-0.2, -0.15) is 0 Å². The molecule has 146 valence electrons. The van der Waals surface area contributed by atoms with E-state index in [1.165, 1.54) is 0 Å². The van der Waals surface area contributed by atoms with Crippen LogP contribution in [0.3, 0.4) is 0 Å². The second kappa shape index (κ2) is 10.2. The molecular weight excluding hydrogens is 358 g/mol. The molecule has 0 radical (unpaired) electrons. The van der Waals surface area contributed by atoms with E-state index in [2.05, 4.69) is 32.9 Å². The maximum Gasteiger partial charge on any atom is 0.290 e. The molecule has 7 heteroatoms. The average molecular weight is 381 g/mol. The van der Waals surface area contributed by atoms with E-state index in [-0.39, 0.29) is 6.47 Å². The van der Waals surface area contributed by atoms with Crippen molar-refractivity contribution in [2.45, 2.75) is 25.5 Å². The smallest absolute Gasteiger partial charge is 0.290 e. The topological polar surface area (TPSA) is 86.5 Å². The Hall–Kier alpha value is -3.19. The van der Waals surface area contributed by atoms with E-state index in [1.54, 1.807) is 6.20 Å². The zero-order chi connectivity index (χ0) is 19.6. The van der Waals surface area contributed by atoms with Crippen LogP contribution < -0.4 is 4.74 Å². The van der Waals surface area contributed by atoms with Gasteiger partial charge in [-0.3, -0.25) is 9.78 Å². The number of aromatic nitrogens is 3. The first-order chi connectivity index (χ1) is 13.8. The largest absolute Gasteiger partial charge is 0.487 e. The van der Waals surface area contributed by atoms with Crippen LogP contribution in [0.1, 0.15) is 24.6 Å². The summed E-state index contributed by atoms with van der Waals surface area (Å²) in [6.07, 6.45) is 7.79. The number of carboxylic acid groups (broad SMARTS) is 1. The number of imidazole rings is 1. The van der Waals surface area contributed by atoms with E-state index in [9.17, 15) is 0 Å². The molecule has 3 aromatic rings. The Balaban J connectivity index is 0.000000706. The average Bonchev–Trinajstić information content (AvgIpc) is 3.25. The number of nitrogens with zero attached hydrogens (tertiary/aromatic N) is 3. The lowest BCUT2D eigenvalue weighted by molar-refractivity contribution is -0.122. The van der Waals surface area contributed by atoms with Crippen LogP contribution in [0, 0.1) is 0 Å². The predicted octanol–water partition coefficient (Wildman–Crippen LogP) is 3.58. The molecule has 0 unspecified atom stereocenters. The maximum absolute atomic E-state index is 8.36. The van der Waals surface area contributed by atoms with Gasteiger partial charge in [0.15, 0.2) is 0 Å². The van der Waals surface area contributed by atoms with Gasteiger partial charge in [-0.1, -0.05) is 6.07 Å². The maximum atomic E-state index is 8.36. The standard InChI is InChI=1S/C20H21N3O2.CH2O2/c1-2-10-21-17(3-1)15-25-19-6-4-16(5-7-19)20-22-11-12-23(20)18-8-13-24-14-9-18;2-1-3/h1-7,10-12,18H,8-9,13-15H2;1H,(H,2,3). The molecule has 0 amide bonds. The SMILES string of the molecule is O=CO.c1ccc(COc2ccc(-c3nccn3C3CCOCC3)cc2)nc1. The van der Waals surface area contributed by atoms with Crippen LogP contribution in [0.5, 0.6) is 5.75 Å². The van der Waals surface area contributed by atoms with Crippen LogP contribution in [-0.2, 0) is 16.1 Å². The van der Waals surface area contributed by atoms with E-state index >= 15 is 0 Å². The van der Waals surface area contributed by atoms with Gasteiger partial charge in [0, 0.05) is 43.4 Å². The lowest BCUT2D eigenvalue weighted by atomic mass is 10.1. The van der Waals surface area contributed by atoms with Crippen molar-refractivity contribution in [1.82, 2.24) is 14.5 Å². The second-order valence-corrected chi connectivity index (χ2v) is 6.24. The Morgan fingerprint density at radius 3 is 2.54 bits per heavy atom. The molecule has 1 fully saturated rings. The van der Waals surface area contributed by atoms with Crippen molar-refractivity contribution in [2.75, 3.05) is 13.2 Å². The van der Waals surface area contributed by atoms with Gasteiger partial charge >= 0.3 is 0 Å². The summed E-state index contributed by atoms with van der Waals surface area (Å²) in [6, 6.07) is 14.4. The van der Waals surface area contributed by atoms with Crippen LogP contribution in [0.4, 0.5) is 0 Å². The molecule has 28 heavy (non-hydrogen) atoms. The molecule has 1 N–H and O–H groups in total. The molecule has 7 nitrogen and oxygen atoms in total. The van der Waals surface area contributed by atoms with Gasteiger partial charge in [-0.25, -0.2) is 4.98 Å². The van der Waals surface area contributed by atoms with Crippen LogP contribution in [0.15, 0.2) is 61.1 Å². The van der Waals surface area contributed by atoms with Crippen LogP contribution in [0.2, 0.25) is 0 Å². The van der Waals surface area contributed by atoms with Gasteiger partial charge in [0.1, 0.15) is 18.2 Å². The van der Waals surface area contributed by atoms with Crippen molar-refractivity contribution in [2.24, 2.45) is 0 Å². The van der Waals surface area contributed by atoms with Crippen LogP contribution in [0.25, 0.3) is 11.4 Å². The van der Waals surface area contributed by atoms with Crippen molar-refractivity contribution in [1.29, 1.82) is 0 Å².